The van der Waals surface area contributed by atoms with Gasteiger partial charge in [-0.15, -0.1) is 10.2 Å². The summed E-state index contributed by atoms with van der Waals surface area (Å²) in [6.07, 6.45) is 2.92. The molecule has 0 saturated heterocycles. The Balaban J connectivity index is 1.89. The molecule has 0 atom stereocenters. The lowest BCUT2D eigenvalue weighted by molar-refractivity contribution is 0.476. The zero-order valence-electron chi connectivity index (χ0n) is 15.3. The summed E-state index contributed by atoms with van der Waals surface area (Å²) in [7, 11) is 0. The van der Waals surface area contributed by atoms with Crippen molar-refractivity contribution in [2.24, 2.45) is 10.2 Å². The molecule has 0 aliphatic heterocycles. The van der Waals surface area contributed by atoms with Gasteiger partial charge in [0.05, 0.1) is 0 Å². The summed E-state index contributed by atoms with van der Waals surface area (Å²) in [5, 5.41) is 18.7. The highest BCUT2D eigenvalue weighted by molar-refractivity contribution is 5.75. The number of fused-ring (bicyclic) bond motifs is 1. The first-order valence-corrected chi connectivity index (χ1v) is 8.94. The normalized spacial score (nSPS) is 11.5. The van der Waals surface area contributed by atoms with Gasteiger partial charge in [0.25, 0.3) is 0 Å². The smallest absolute Gasteiger partial charge is 0.187 e. The molecule has 0 unspecified atom stereocenters. The maximum atomic E-state index is 9.96. The molecule has 1 N–H and O–H groups in total. The van der Waals surface area contributed by atoms with Crippen LogP contribution in [0.15, 0.2) is 77.1 Å². The first-order chi connectivity index (χ1) is 13.2. The van der Waals surface area contributed by atoms with E-state index < -0.39 is 0 Å². The van der Waals surface area contributed by atoms with Crippen LogP contribution in [0.2, 0.25) is 0 Å². The predicted octanol–water partition coefficient (Wildman–Crippen LogP) is 5.99. The SMILES string of the molecule is CCc1ccc(-c2nc3c(C)cccn3c2N=Nc2ccccc2O)cc1. The van der Waals surface area contributed by atoms with E-state index in [2.05, 4.69) is 41.4 Å². The van der Waals surface area contributed by atoms with Gasteiger partial charge < -0.3 is 5.11 Å². The molecule has 0 spiro atoms. The Morgan fingerprint density at radius 3 is 2.48 bits per heavy atom. The van der Waals surface area contributed by atoms with Gasteiger partial charge in [-0.25, -0.2) is 4.98 Å². The third-order valence-electron chi connectivity index (χ3n) is 4.59. The van der Waals surface area contributed by atoms with Crippen LogP contribution in [0.25, 0.3) is 16.9 Å². The molecule has 0 amide bonds. The van der Waals surface area contributed by atoms with Crippen molar-refractivity contribution in [1.29, 1.82) is 0 Å². The lowest BCUT2D eigenvalue weighted by Crippen LogP contribution is -1.85. The van der Waals surface area contributed by atoms with Crippen LogP contribution in [-0.2, 0) is 6.42 Å². The van der Waals surface area contributed by atoms with Gasteiger partial charge in [-0.2, -0.15) is 0 Å². The van der Waals surface area contributed by atoms with E-state index in [1.165, 1.54) is 5.56 Å². The van der Waals surface area contributed by atoms with Crippen LogP contribution in [0, 0.1) is 6.92 Å². The Hall–Kier alpha value is -3.47. The fourth-order valence-corrected chi connectivity index (χ4v) is 3.03. The van der Waals surface area contributed by atoms with E-state index >= 15 is 0 Å². The number of aryl methyl sites for hydroxylation is 2. The summed E-state index contributed by atoms with van der Waals surface area (Å²) in [5.41, 5.74) is 5.36. The Kier molecular flexibility index (Phi) is 4.42. The van der Waals surface area contributed by atoms with Crippen molar-refractivity contribution in [3.05, 3.63) is 78.0 Å². The van der Waals surface area contributed by atoms with Crippen molar-refractivity contribution in [3.63, 3.8) is 0 Å². The number of imidazole rings is 1. The van der Waals surface area contributed by atoms with Gasteiger partial charge in [0, 0.05) is 11.8 Å². The summed E-state index contributed by atoms with van der Waals surface area (Å²) in [4.78, 5) is 4.82. The maximum absolute atomic E-state index is 9.96. The third-order valence-corrected chi connectivity index (χ3v) is 4.59. The first kappa shape index (κ1) is 17.0. The van der Waals surface area contributed by atoms with Gasteiger partial charge in [-0.3, -0.25) is 4.40 Å². The minimum absolute atomic E-state index is 0.0973. The number of benzene rings is 2. The molecule has 0 aliphatic carbocycles. The van der Waals surface area contributed by atoms with Crippen LogP contribution in [0.3, 0.4) is 0 Å². The average molecular weight is 356 g/mol. The van der Waals surface area contributed by atoms with E-state index in [1.54, 1.807) is 18.2 Å². The highest BCUT2D eigenvalue weighted by Crippen LogP contribution is 2.34. The zero-order chi connectivity index (χ0) is 18.8. The fraction of sp³-hybridized carbons (Fsp3) is 0.136. The number of rotatable bonds is 4. The number of pyridine rings is 1. The average Bonchev–Trinajstić information content (AvgIpc) is 3.07. The van der Waals surface area contributed by atoms with Crippen molar-refractivity contribution in [2.45, 2.75) is 20.3 Å². The van der Waals surface area contributed by atoms with Crippen molar-refractivity contribution in [3.8, 4) is 17.0 Å². The molecule has 2 aromatic carbocycles. The highest BCUT2D eigenvalue weighted by atomic mass is 16.3. The molecule has 0 radical (unpaired) electrons. The molecule has 0 aliphatic rings. The number of aromatic hydroxyl groups is 1. The van der Waals surface area contributed by atoms with E-state index in [1.807, 2.05) is 35.7 Å². The second-order valence-corrected chi connectivity index (χ2v) is 6.41. The van der Waals surface area contributed by atoms with E-state index in [4.69, 9.17) is 4.98 Å². The van der Waals surface area contributed by atoms with E-state index in [0.29, 0.717) is 11.5 Å². The minimum atomic E-state index is 0.0973. The van der Waals surface area contributed by atoms with Crippen LogP contribution in [0.1, 0.15) is 18.1 Å². The number of para-hydroxylation sites is 1. The van der Waals surface area contributed by atoms with Gasteiger partial charge >= 0.3 is 0 Å². The molecule has 4 aromatic rings. The Bertz CT molecular complexity index is 1130. The summed E-state index contributed by atoms with van der Waals surface area (Å²) < 4.78 is 1.93. The highest BCUT2D eigenvalue weighted by Gasteiger charge is 2.15. The van der Waals surface area contributed by atoms with Crippen molar-refractivity contribution < 1.29 is 5.11 Å². The van der Waals surface area contributed by atoms with Gasteiger partial charge in [-0.1, -0.05) is 49.4 Å². The fourth-order valence-electron chi connectivity index (χ4n) is 3.03. The predicted molar refractivity (Wildman–Crippen MR) is 107 cm³/mol. The second-order valence-electron chi connectivity index (χ2n) is 6.41. The van der Waals surface area contributed by atoms with Crippen molar-refractivity contribution in [2.75, 3.05) is 0 Å². The van der Waals surface area contributed by atoms with E-state index in [-0.39, 0.29) is 5.75 Å². The van der Waals surface area contributed by atoms with Crippen LogP contribution in [-0.4, -0.2) is 14.5 Å². The Morgan fingerprint density at radius 2 is 1.74 bits per heavy atom. The van der Waals surface area contributed by atoms with Crippen molar-refractivity contribution >= 4 is 17.2 Å². The molecule has 4 rings (SSSR count). The van der Waals surface area contributed by atoms with Crippen LogP contribution in [0.5, 0.6) is 5.75 Å². The molecule has 0 fully saturated rings. The molecule has 27 heavy (non-hydrogen) atoms. The molecule has 2 heterocycles. The van der Waals surface area contributed by atoms with Crippen LogP contribution in [0.4, 0.5) is 11.5 Å². The van der Waals surface area contributed by atoms with Gasteiger partial charge in [0.15, 0.2) is 5.82 Å². The maximum Gasteiger partial charge on any atom is 0.187 e. The lowest BCUT2D eigenvalue weighted by Gasteiger charge is -2.02. The lowest BCUT2D eigenvalue weighted by atomic mass is 10.1. The number of hydrogen-bond acceptors (Lipinski definition) is 4. The van der Waals surface area contributed by atoms with E-state index in [9.17, 15) is 5.11 Å². The molecule has 5 heteroatoms. The minimum Gasteiger partial charge on any atom is -0.506 e. The molecular weight excluding hydrogens is 336 g/mol. The Labute approximate surface area is 157 Å². The number of azo groups is 1. The summed E-state index contributed by atoms with van der Waals surface area (Å²) in [6.45, 7) is 4.16. The largest absolute Gasteiger partial charge is 0.506 e. The van der Waals surface area contributed by atoms with Crippen LogP contribution < -0.4 is 0 Å². The summed E-state index contributed by atoms with van der Waals surface area (Å²) >= 11 is 0. The number of nitrogens with zero attached hydrogens (tertiary/aromatic N) is 4. The quantitative estimate of drug-likeness (QED) is 0.456. The summed E-state index contributed by atoms with van der Waals surface area (Å²) in [5.74, 6) is 0.737. The number of aromatic nitrogens is 2. The van der Waals surface area contributed by atoms with Gasteiger partial charge in [-0.05, 0) is 42.7 Å². The second kappa shape index (κ2) is 7.03. The summed E-state index contributed by atoms with van der Waals surface area (Å²) in [6, 6.07) is 19.2. The monoisotopic (exact) mass is 356 g/mol. The topological polar surface area (TPSA) is 62.2 Å². The molecular formula is C22H20N4O. The van der Waals surface area contributed by atoms with Gasteiger partial charge in [0.2, 0.25) is 0 Å². The molecule has 5 nitrogen and oxygen atoms in total. The third kappa shape index (κ3) is 3.19. The first-order valence-electron chi connectivity index (χ1n) is 8.94. The Morgan fingerprint density at radius 1 is 0.963 bits per heavy atom. The van der Waals surface area contributed by atoms with Crippen molar-refractivity contribution in [1.82, 2.24) is 9.38 Å². The number of hydrogen-bond donors (Lipinski definition) is 1. The molecule has 2 aromatic heterocycles. The molecule has 0 saturated carbocycles. The number of phenolic OH excluding ortho intramolecular Hbond substituents is 1. The zero-order valence-corrected chi connectivity index (χ0v) is 15.3. The number of phenols is 1. The molecule has 0 bridgehead atoms. The van der Waals surface area contributed by atoms with Crippen LogP contribution >= 0.6 is 0 Å². The van der Waals surface area contributed by atoms with Gasteiger partial charge in [0.1, 0.15) is 22.8 Å². The van der Waals surface area contributed by atoms with E-state index in [0.717, 1.165) is 28.9 Å². The molecule has 134 valence electrons. The standard InChI is InChI=1S/C22H20N4O/c1-3-16-10-12-17(13-11-16)20-22(25-24-18-8-4-5-9-19(18)27)26-14-6-7-15(2)21(26)23-20/h4-14,27H,3H2,1-2H3.